The molecule has 0 radical (unpaired) electrons. The number of carboxylic acids is 1. The highest BCUT2D eigenvalue weighted by molar-refractivity contribution is 7.13. The molecule has 2 heterocycles. The Labute approximate surface area is 94.6 Å². The van der Waals surface area contributed by atoms with Crippen molar-refractivity contribution in [2.75, 3.05) is 0 Å². The third-order valence-corrected chi connectivity index (χ3v) is 2.85. The maximum atomic E-state index is 11.5. The molecule has 82 valence electrons. The van der Waals surface area contributed by atoms with E-state index in [0.29, 0.717) is 5.69 Å². The van der Waals surface area contributed by atoms with E-state index in [1.54, 1.807) is 0 Å². The molecule has 6 heteroatoms. The van der Waals surface area contributed by atoms with Crippen LogP contribution < -0.4 is 5.56 Å². The molecule has 0 unspecified atom stereocenters. The Balaban J connectivity index is 2.37. The molecular formula is C10H8N2O3S. The van der Waals surface area contributed by atoms with E-state index in [4.69, 9.17) is 5.11 Å². The lowest BCUT2D eigenvalue weighted by Gasteiger charge is -2.01. The number of carbonyl (C=O) groups is 1. The molecule has 1 N–H and O–H groups in total. The van der Waals surface area contributed by atoms with Gasteiger partial charge in [-0.1, -0.05) is 6.07 Å². The summed E-state index contributed by atoms with van der Waals surface area (Å²) < 4.78 is 1.05. The third-order valence-electron chi connectivity index (χ3n) is 1.96. The largest absolute Gasteiger partial charge is 0.480 e. The van der Waals surface area contributed by atoms with Crippen molar-refractivity contribution in [2.45, 2.75) is 6.54 Å². The quantitative estimate of drug-likeness (QED) is 0.864. The van der Waals surface area contributed by atoms with Crippen LogP contribution in [0.2, 0.25) is 0 Å². The van der Waals surface area contributed by atoms with Gasteiger partial charge in [0.25, 0.3) is 5.56 Å². The summed E-state index contributed by atoms with van der Waals surface area (Å²) in [4.78, 5) is 26.9. The molecule has 0 saturated carbocycles. The normalized spacial score (nSPS) is 10.2. The predicted octanol–water partition coefficient (Wildman–Crippen LogP) is 1.06. The van der Waals surface area contributed by atoms with Gasteiger partial charge in [0.05, 0.1) is 16.9 Å². The first-order valence-electron chi connectivity index (χ1n) is 4.49. The molecule has 16 heavy (non-hydrogen) atoms. The van der Waals surface area contributed by atoms with Crippen molar-refractivity contribution in [1.29, 1.82) is 0 Å². The lowest BCUT2D eigenvalue weighted by Crippen LogP contribution is -2.23. The molecule has 0 atom stereocenters. The van der Waals surface area contributed by atoms with Crippen LogP contribution >= 0.6 is 11.3 Å². The highest BCUT2D eigenvalue weighted by atomic mass is 32.1. The van der Waals surface area contributed by atoms with E-state index in [0.717, 1.165) is 9.44 Å². The molecule has 0 aliphatic rings. The number of hydrogen-bond acceptors (Lipinski definition) is 4. The fraction of sp³-hybridized carbons (Fsp3) is 0.100. The van der Waals surface area contributed by atoms with Gasteiger partial charge < -0.3 is 5.11 Å². The van der Waals surface area contributed by atoms with Crippen molar-refractivity contribution < 1.29 is 9.90 Å². The molecule has 2 rings (SSSR count). The number of thiophene rings is 1. The minimum absolute atomic E-state index is 0.360. The van der Waals surface area contributed by atoms with E-state index in [1.165, 1.54) is 23.7 Å². The van der Waals surface area contributed by atoms with Gasteiger partial charge in [0.2, 0.25) is 0 Å². The van der Waals surface area contributed by atoms with Gasteiger partial charge in [0.1, 0.15) is 6.54 Å². The van der Waals surface area contributed by atoms with Crippen LogP contribution in [-0.2, 0) is 11.3 Å². The number of carboxylic acid groups (broad SMARTS) is 1. The van der Waals surface area contributed by atoms with E-state index in [-0.39, 0.29) is 12.1 Å². The van der Waals surface area contributed by atoms with Gasteiger partial charge >= 0.3 is 5.97 Å². The van der Waals surface area contributed by atoms with Crippen molar-refractivity contribution in [1.82, 2.24) is 9.55 Å². The van der Waals surface area contributed by atoms with Crippen molar-refractivity contribution in [3.63, 3.8) is 0 Å². The minimum atomic E-state index is -1.06. The first-order valence-corrected chi connectivity index (χ1v) is 5.37. The maximum absolute atomic E-state index is 11.5. The van der Waals surface area contributed by atoms with Crippen LogP contribution in [0, 0.1) is 0 Å². The molecule has 0 amide bonds. The van der Waals surface area contributed by atoms with Crippen molar-refractivity contribution in [2.24, 2.45) is 0 Å². The van der Waals surface area contributed by atoms with Crippen LogP contribution in [0.4, 0.5) is 0 Å². The van der Waals surface area contributed by atoms with Gasteiger partial charge in [-0.3, -0.25) is 14.2 Å². The Hall–Kier alpha value is -1.95. The van der Waals surface area contributed by atoms with Crippen molar-refractivity contribution >= 4 is 17.3 Å². The number of nitrogens with zero attached hydrogens (tertiary/aromatic N) is 2. The van der Waals surface area contributed by atoms with E-state index < -0.39 is 5.97 Å². The Morgan fingerprint density at radius 3 is 2.94 bits per heavy atom. The first kappa shape index (κ1) is 10.6. The van der Waals surface area contributed by atoms with Gasteiger partial charge in [0.15, 0.2) is 0 Å². The van der Waals surface area contributed by atoms with Crippen LogP contribution in [0.25, 0.3) is 10.6 Å². The zero-order valence-corrected chi connectivity index (χ0v) is 8.98. The van der Waals surface area contributed by atoms with Crippen LogP contribution in [0.5, 0.6) is 0 Å². The van der Waals surface area contributed by atoms with E-state index in [2.05, 4.69) is 4.98 Å². The summed E-state index contributed by atoms with van der Waals surface area (Å²) in [5.74, 6) is -1.06. The number of hydrogen-bond donors (Lipinski definition) is 1. The van der Waals surface area contributed by atoms with E-state index in [1.807, 2.05) is 17.5 Å². The molecule has 0 aliphatic heterocycles. The fourth-order valence-corrected chi connectivity index (χ4v) is 1.94. The van der Waals surface area contributed by atoms with Crippen LogP contribution in [-0.4, -0.2) is 20.6 Å². The first-order chi connectivity index (χ1) is 7.66. The Bertz CT molecular complexity index is 560. The summed E-state index contributed by atoms with van der Waals surface area (Å²) in [6.07, 6.45) is 1.26. The van der Waals surface area contributed by atoms with E-state index in [9.17, 15) is 9.59 Å². The highest BCUT2D eigenvalue weighted by Gasteiger charge is 2.05. The topological polar surface area (TPSA) is 72.2 Å². The summed E-state index contributed by atoms with van der Waals surface area (Å²) in [7, 11) is 0. The predicted molar refractivity (Wildman–Crippen MR) is 59.4 cm³/mol. The Kier molecular flexibility index (Phi) is 2.82. The summed E-state index contributed by atoms with van der Waals surface area (Å²) in [6.45, 7) is -0.365. The Morgan fingerprint density at radius 1 is 1.56 bits per heavy atom. The van der Waals surface area contributed by atoms with Crippen LogP contribution in [0.3, 0.4) is 0 Å². The standard InChI is InChI=1S/C10H8N2O3S/c13-9-4-7(8-2-1-3-16-8)11-6-12(9)5-10(14)15/h1-4,6H,5H2,(H,14,15). The number of aliphatic carboxylic acids is 1. The third kappa shape index (κ3) is 2.17. The lowest BCUT2D eigenvalue weighted by atomic mass is 10.3. The van der Waals surface area contributed by atoms with Gasteiger partial charge in [-0.25, -0.2) is 4.98 Å². The van der Waals surface area contributed by atoms with Crippen molar-refractivity contribution in [3.05, 3.63) is 40.3 Å². The van der Waals surface area contributed by atoms with Crippen LogP contribution in [0.1, 0.15) is 0 Å². The zero-order chi connectivity index (χ0) is 11.5. The summed E-state index contributed by atoms with van der Waals surface area (Å²) in [5, 5.41) is 10.4. The molecule has 2 aromatic rings. The molecule has 0 aliphatic carbocycles. The van der Waals surface area contributed by atoms with Gasteiger partial charge in [-0.2, -0.15) is 0 Å². The summed E-state index contributed by atoms with van der Waals surface area (Å²) >= 11 is 1.48. The van der Waals surface area contributed by atoms with Gasteiger partial charge in [-0.15, -0.1) is 11.3 Å². The average molecular weight is 236 g/mol. The molecule has 2 aromatic heterocycles. The Morgan fingerprint density at radius 2 is 2.38 bits per heavy atom. The molecule has 0 aromatic carbocycles. The second-order valence-corrected chi connectivity index (χ2v) is 4.06. The zero-order valence-electron chi connectivity index (χ0n) is 8.16. The maximum Gasteiger partial charge on any atom is 0.323 e. The second-order valence-electron chi connectivity index (χ2n) is 3.11. The van der Waals surface area contributed by atoms with E-state index >= 15 is 0 Å². The van der Waals surface area contributed by atoms with Gasteiger partial charge in [0, 0.05) is 6.07 Å². The smallest absolute Gasteiger partial charge is 0.323 e. The molecule has 0 bridgehead atoms. The second kappa shape index (κ2) is 4.28. The van der Waals surface area contributed by atoms with Gasteiger partial charge in [-0.05, 0) is 11.4 Å². The van der Waals surface area contributed by atoms with Crippen molar-refractivity contribution in [3.8, 4) is 10.6 Å². The summed E-state index contributed by atoms with van der Waals surface area (Å²) in [6, 6.07) is 5.06. The molecular weight excluding hydrogens is 228 g/mol. The summed E-state index contributed by atoms with van der Waals surface area (Å²) in [5.41, 5.74) is 0.211. The monoisotopic (exact) mass is 236 g/mol. The lowest BCUT2D eigenvalue weighted by molar-refractivity contribution is -0.137. The highest BCUT2D eigenvalue weighted by Crippen LogP contribution is 2.20. The number of aromatic nitrogens is 2. The number of rotatable bonds is 3. The molecule has 0 spiro atoms. The molecule has 0 fully saturated rings. The van der Waals surface area contributed by atoms with Crippen LogP contribution in [0.15, 0.2) is 34.7 Å². The minimum Gasteiger partial charge on any atom is -0.480 e. The SMILES string of the molecule is O=C(O)Cn1cnc(-c2cccs2)cc1=O. The molecule has 0 saturated heterocycles. The fourth-order valence-electron chi connectivity index (χ4n) is 1.25. The molecule has 5 nitrogen and oxygen atoms in total. The average Bonchev–Trinajstić information content (AvgIpc) is 2.73.